The van der Waals surface area contributed by atoms with Crippen LogP contribution in [0.4, 0.5) is 16.2 Å². The highest BCUT2D eigenvalue weighted by atomic mass is 16.6. The number of phenolic OH excluding ortho intramolecular Hbond substituents is 2. The minimum Gasteiger partial charge on any atom is -0.507 e. The van der Waals surface area contributed by atoms with Crippen molar-refractivity contribution in [3.63, 3.8) is 0 Å². The van der Waals surface area contributed by atoms with E-state index in [1.807, 2.05) is 106 Å². The number of hydrogen-bond donors (Lipinski definition) is 6. The van der Waals surface area contributed by atoms with Gasteiger partial charge in [0, 0.05) is 59.5 Å². The smallest absolute Gasteiger partial charge is 0.407 e. The Hall–Kier alpha value is -5.87. The Morgan fingerprint density at radius 2 is 1.12 bits per heavy atom. The zero-order valence-corrected chi connectivity index (χ0v) is 27.9. The van der Waals surface area contributed by atoms with E-state index in [4.69, 9.17) is 10.5 Å². The van der Waals surface area contributed by atoms with Crippen LogP contribution in [-0.2, 0) is 4.74 Å². The van der Waals surface area contributed by atoms with Crippen molar-refractivity contribution in [2.24, 2.45) is 5.73 Å². The number of carbonyl (C=O) groups excluding carboxylic acids is 1. The molecule has 0 spiro atoms. The SMILES string of the molecule is CC(C)(C)OC(=O)NCCNc1cc(-c2ccccc2O)nc2ccccc12.NCCNc1cc(-c2ccccc2O)nc2ccccc12. The van der Waals surface area contributed by atoms with Crippen molar-refractivity contribution in [2.75, 3.05) is 36.8 Å². The Labute approximate surface area is 286 Å². The summed E-state index contributed by atoms with van der Waals surface area (Å²) in [5.41, 5.74) is 11.4. The van der Waals surface area contributed by atoms with E-state index < -0.39 is 11.7 Å². The molecule has 1 amide bonds. The summed E-state index contributed by atoms with van der Waals surface area (Å²) in [5.74, 6) is 0.410. The highest BCUT2D eigenvalue weighted by Crippen LogP contribution is 2.34. The van der Waals surface area contributed by atoms with Crippen LogP contribution in [0, 0.1) is 0 Å². The van der Waals surface area contributed by atoms with Crippen molar-refractivity contribution < 1.29 is 19.7 Å². The zero-order valence-electron chi connectivity index (χ0n) is 27.9. The number of nitrogens with two attached hydrogens (primary N) is 1. The average Bonchev–Trinajstić information content (AvgIpc) is 3.08. The fourth-order valence-electron chi connectivity index (χ4n) is 5.18. The lowest BCUT2D eigenvalue weighted by Crippen LogP contribution is -2.35. The van der Waals surface area contributed by atoms with Gasteiger partial charge in [-0.2, -0.15) is 0 Å². The Morgan fingerprint density at radius 3 is 1.59 bits per heavy atom. The van der Waals surface area contributed by atoms with Gasteiger partial charge >= 0.3 is 6.09 Å². The number of carbonyl (C=O) groups is 1. The molecular weight excluding hydrogens is 616 g/mol. The van der Waals surface area contributed by atoms with Crippen LogP contribution in [0.1, 0.15) is 20.8 Å². The average molecular weight is 659 g/mol. The van der Waals surface area contributed by atoms with Crippen molar-refractivity contribution in [3.8, 4) is 34.0 Å². The second-order valence-electron chi connectivity index (χ2n) is 12.2. The van der Waals surface area contributed by atoms with Gasteiger partial charge in [-0.1, -0.05) is 60.7 Å². The van der Waals surface area contributed by atoms with E-state index in [1.165, 1.54) is 0 Å². The fourth-order valence-corrected chi connectivity index (χ4v) is 5.18. The minimum atomic E-state index is -0.522. The number of para-hydroxylation sites is 4. The molecule has 0 bridgehead atoms. The molecule has 0 atom stereocenters. The quantitative estimate of drug-likeness (QED) is 0.0866. The van der Waals surface area contributed by atoms with Crippen LogP contribution < -0.4 is 21.7 Å². The standard InChI is InChI=1S/C22H25N3O3.C17H17N3O/c1-22(2,3)28-21(27)24-13-12-23-18-14-19(16-9-5-7-11-20(16)26)25-17-10-6-4-8-15(17)18;18-9-10-19-15-11-16(13-6-2-4-8-17(13)21)20-14-7-3-1-5-12(14)15/h4-11,14,26H,12-13H2,1-3H3,(H,23,25)(H,24,27);1-8,11,21H,9-10,18H2,(H,19,20). The summed E-state index contributed by atoms with van der Waals surface area (Å²) in [5, 5.41) is 31.6. The first-order valence-corrected chi connectivity index (χ1v) is 16.1. The fraction of sp³-hybridized carbons (Fsp3) is 0.205. The van der Waals surface area contributed by atoms with E-state index in [2.05, 4.69) is 25.9 Å². The van der Waals surface area contributed by atoms with Gasteiger partial charge in [0.05, 0.1) is 22.4 Å². The lowest BCUT2D eigenvalue weighted by Gasteiger charge is -2.20. The lowest BCUT2D eigenvalue weighted by molar-refractivity contribution is 0.0530. The third kappa shape index (κ3) is 9.15. The maximum atomic E-state index is 11.8. The second-order valence-corrected chi connectivity index (χ2v) is 12.2. The first-order chi connectivity index (χ1) is 23.6. The second kappa shape index (κ2) is 15.8. The molecule has 0 aliphatic heterocycles. The number of nitrogens with zero attached hydrogens (tertiary/aromatic N) is 2. The first kappa shape index (κ1) is 34.5. The third-order valence-electron chi connectivity index (χ3n) is 7.36. The molecule has 0 radical (unpaired) electrons. The molecule has 4 aromatic carbocycles. The third-order valence-corrected chi connectivity index (χ3v) is 7.36. The maximum Gasteiger partial charge on any atom is 0.407 e. The van der Waals surface area contributed by atoms with Crippen LogP contribution in [0.3, 0.4) is 0 Å². The number of pyridine rings is 2. The van der Waals surface area contributed by atoms with E-state index in [1.54, 1.807) is 24.3 Å². The molecule has 6 aromatic rings. The number of aromatic hydroxyl groups is 2. The van der Waals surface area contributed by atoms with Crippen molar-refractivity contribution >= 4 is 39.3 Å². The highest BCUT2D eigenvalue weighted by Gasteiger charge is 2.16. The molecule has 49 heavy (non-hydrogen) atoms. The summed E-state index contributed by atoms with van der Waals surface area (Å²) in [6.07, 6.45) is -0.441. The summed E-state index contributed by atoms with van der Waals surface area (Å²) in [6.45, 7) is 7.67. The molecule has 0 aliphatic carbocycles. The Morgan fingerprint density at radius 1 is 0.673 bits per heavy atom. The molecule has 6 rings (SSSR count). The topological polar surface area (TPSA) is 155 Å². The normalized spacial score (nSPS) is 11.0. The van der Waals surface area contributed by atoms with Gasteiger partial charge < -0.3 is 36.6 Å². The number of anilines is 2. The van der Waals surface area contributed by atoms with Crippen molar-refractivity contribution in [3.05, 3.63) is 109 Å². The number of amides is 1. The number of alkyl carbamates (subject to hydrolysis) is 1. The zero-order chi connectivity index (χ0) is 34.8. The Bertz CT molecular complexity index is 2040. The van der Waals surface area contributed by atoms with Gasteiger partial charge in [0.15, 0.2) is 0 Å². The van der Waals surface area contributed by atoms with Crippen LogP contribution >= 0.6 is 0 Å². The van der Waals surface area contributed by atoms with E-state index in [9.17, 15) is 15.0 Å². The number of benzene rings is 4. The maximum absolute atomic E-state index is 11.8. The molecule has 10 nitrogen and oxygen atoms in total. The lowest BCUT2D eigenvalue weighted by atomic mass is 10.1. The number of nitrogens with one attached hydrogen (secondary N) is 3. The summed E-state index contributed by atoms with van der Waals surface area (Å²) in [6, 6.07) is 33.9. The minimum absolute atomic E-state index is 0.183. The van der Waals surface area contributed by atoms with Crippen LogP contribution in [0.5, 0.6) is 11.5 Å². The van der Waals surface area contributed by atoms with Gasteiger partial charge in [0.2, 0.25) is 0 Å². The number of ether oxygens (including phenoxy) is 1. The van der Waals surface area contributed by atoms with Crippen LogP contribution in [0.15, 0.2) is 109 Å². The molecule has 10 heteroatoms. The molecule has 0 saturated heterocycles. The molecule has 2 aromatic heterocycles. The molecule has 252 valence electrons. The highest BCUT2D eigenvalue weighted by molar-refractivity contribution is 5.95. The van der Waals surface area contributed by atoms with Gasteiger partial charge in [0.25, 0.3) is 0 Å². The Balaban J connectivity index is 0.000000199. The van der Waals surface area contributed by atoms with Gasteiger partial charge in [-0.3, -0.25) is 0 Å². The van der Waals surface area contributed by atoms with Crippen molar-refractivity contribution in [1.29, 1.82) is 0 Å². The molecule has 0 saturated carbocycles. The predicted molar refractivity (Wildman–Crippen MR) is 198 cm³/mol. The van der Waals surface area contributed by atoms with Gasteiger partial charge in [0.1, 0.15) is 17.1 Å². The summed E-state index contributed by atoms with van der Waals surface area (Å²) in [4.78, 5) is 21.1. The Kier molecular flexibility index (Phi) is 11.1. The summed E-state index contributed by atoms with van der Waals surface area (Å²) < 4.78 is 5.23. The number of hydrogen-bond acceptors (Lipinski definition) is 9. The largest absolute Gasteiger partial charge is 0.507 e. The number of phenols is 2. The van der Waals surface area contributed by atoms with Crippen LogP contribution in [-0.4, -0.2) is 58.1 Å². The molecular formula is C39H42N6O4. The van der Waals surface area contributed by atoms with Gasteiger partial charge in [-0.05, 0) is 69.3 Å². The molecule has 0 aliphatic rings. The predicted octanol–water partition coefficient (Wildman–Crippen LogP) is 7.52. The summed E-state index contributed by atoms with van der Waals surface area (Å²) >= 11 is 0. The monoisotopic (exact) mass is 658 g/mol. The first-order valence-electron chi connectivity index (χ1n) is 16.1. The van der Waals surface area contributed by atoms with Crippen LogP contribution in [0.2, 0.25) is 0 Å². The van der Waals surface area contributed by atoms with Crippen molar-refractivity contribution in [1.82, 2.24) is 15.3 Å². The van der Waals surface area contributed by atoms with Gasteiger partial charge in [-0.25, -0.2) is 14.8 Å². The molecule has 7 N–H and O–H groups in total. The van der Waals surface area contributed by atoms with E-state index in [0.717, 1.165) is 44.4 Å². The number of fused-ring (bicyclic) bond motifs is 2. The van der Waals surface area contributed by atoms with E-state index in [0.29, 0.717) is 37.4 Å². The van der Waals surface area contributed by atoms with E-state index >= 15 is 0 Å². The van der Waals surface area contributed by atoms with Crippen molar-refractivity contribution in [2.45, 2.75) is 26.4 Å². The van der Waals surface area contributed by atoms with Gasteiger partial charge in [-0.15, -0.1) is 0 Å². The van der Waals surface area contributed by atoms with E-state index in [-0.39, 0.29) is 11.5 Å². The molecule has 2 heterocycles. The summed E-state index contributed by atoms with van der Waals surface area (Å²) in [7, 11) is 0. The van der Waals surface area contributed by atoms with Crippen LogP contribution in [0.25, 0.3) is 44.3 Å². The number of rotatable bonds is 9. The number of aromatic nitrogens is 2. The molecule has 0 unspecified atom stereocenters. The molecule has 0 fully saturated rings.